The minimum absolute atomic E-state index is 0.0801. The van der Waals surface area contributed by atoms with Gasteiger partial charge in [-0.25, -0.2) is 0 Å². The van der Waals surface area contributed by atoms with Crippen molar-refractivity contribution in [3.8, 4) is 0 Å². The Morgan fingerprint density at radius 2 is 1.78 bits per heavy atom. The molecule has 0 bridgehead atoms. The summed E-state index contributed by atoms with van der Waals surface area (Å²) < 4.78 is 0. The van der Waals surface area contributed by atoms with Crippen molar-refractivity contribution in [2.45, 2.75) is 59.0 Å². The second kappa shape index (κ2) is 10.3. The van der Waals surface area contributed by atoms with Crippen LogP contribution in [0.4, 0.5) is 0 Å². The van der Waals surface area contributed by atoms with E-state index in [0.717, 1.165) is 19.3 Å². The molecule has 0 radical (unpaired) electrons. The van der Waals surface area contributed by atoms with Gasteiger partial charge in [0.05, 0.1) is 6.10 Å². The maximum atomic E-state index is 11.4. The highest BCUT2D eigenvalue weighted by atomic mass is 35.5. The zero-order chi connectivity index (χ0) is 14.0. The van der Waals surface area contributed by atoms with E-state index in [1.165, 1.54) is 11.1 Å². The quantitative estimate of drug-likeness (QED) is 0.508. The largest absolute Gasteiger partial charge is 0.391 e. The predicted molar refractivity (Wildman–Crippen MR) is 78.0 cm³/mol. The topological polar surface area (TPSA) is 37.3 Å². The fourth-order valence-electron chi connectivity index (χ4n) is 1.59. The van der Waals surface area contributed by atoms with Crippen molar-refractivity contribution in [2.24, 2.45) is 0 Å². The Morgan fingerprint density at radius 1 is 1.17 bits per heavy atom. The molecule has 0 aromatic rings. The summed E-state index contributed by atoms with van der Waals surface area (Å²) in [5.41, 5.74) is 2.66. The summed E-state index contributed by atoms with van der Waals surface area (Å²) in [5, 5.41) is 9.23. The molecule has 1 unspecified atom stereocenters. The predicted octanol–water partition coefficient (Wildman–Crippen LogP) is 4.02. The molecule has 1 atom stereocenters. The third-order valence-electron chi connectivity index (χ3n) is 2.65. The molecule has 2 nitrogen and oxygen atoms in total. The van der Waals surface area contributed by atoms with E-state index in [1.54, 1.807) is 0 Å². The van der Waals surface area contributed by atoms with Crippen molar-refractivity contribution in [1.82, 2.24) is 0 Å². The summed E-state index contributed by atoms with van der Waals surface area (Å²) in [6.45, 7) is 6.29. The lowest BCUT2D eigenvalue weighted by molar-refractivity contribution is -0.120. The zero-order valence-corrected chi connectivity index (χ0v) is 12.5. The van der Waals surface area contributed by atoms with E-state index in [-0.39, 0.29) is 18.1 Å². The molecule has 0 amide bonds. The maximum absolute atomic E-state index is 11.4. The van der Waals surface area contributed by atoms with Crippen molar-refractivity contribution in [2.75, 3.05) is 5.88 Å². The number of Topliss-reactive ketones (excluding diaryl/α,β-unsaturated/α-hetero) is 1. The molecule has 18 heavy (non-hydrogen) atoms. The van der Waals surface area contributed by atoms with Gasteiger partial charge in [-0.3, -0.25) is 4.79 Å². The van der Waals surface area contributed by atoms with Crippen LogP contribution in [0.2, 0.25) is 0 Å². The minimum atomic E-state index is -0.693. The van der Waals surface area contributed by atoms with Gasteiger partial charge in [0.25, 0.3) is 0 Å². The van der Waals surface area contributed by atoms with Crippen molar-refractivity contribution >= 4 is 17.4 Å². The second-order valence-corrected chi connectivity index (χ2v) is 5.27. The fraction of sp³-hybridized carbons (Fsp3) is 0.667. The Morgan fingerprint density at radius 3 is 2.33 bits per heavy atom. The molecule has 0 spiro atoms. The maximum Gasteiger partial charge on any atom is 0.135 e. The standard InChI is InChI=1S/C15H25ClO2/c1-12(2)6-4-7-13(3)8-5-9-14(17)10-15(18)11-16/h6,8,15,18H,4-5,7,9-11H2,1-3H3/b13-8+. The molecular weight excluding hydrogens is 248 g/mol. The van der Waals surface area contributed by atoms with Crippen LogP contribution >= 0.6 is 11.6 Å². The third kappa shape index (κ3) is 10.5. The van der Waals surface area contributed by atoms with Crippen molar-refractivity contribution in [1.29, 1.82) is 0 Å². The second-order valence-electron chi connectivity index (χ2n) is 4.96. The lowest BCUT2D eigenvalue weighted by atomic mass is 10.1. The number of halogens is 1. The number of hydrogen-bond donors (Lipinski definition) is 1. The van der Waals surface area contributed by atoms with E-state index in [4.69, 9.17) is 11.6 Å². The van der Waals surface area contributed by atoms with E-state index >= 15 is 0 Å². The van der Waals surface area contributed by atoms with Gasteiger partial charge in [-0.2, -0.15) is 0 Å². The molecule has 0 rings (SSSR count). The van der Waals surface area contributed by atoms with Gasteiger partial charge >= 0.3 is 0 Å². The summed E-state index contributed by atoms with van der Waals surface area (Å²) in [4.78, 5) is 11.4. The van der Waals surface area contributed by atoms with E-state index in [0.29, 0.717) is 6.42 Å². The van der Waals surface area contributed by atoms with Crippen LogP contribution in [0.15, 0.2) is 23.3 Å². The SMILES string of the molecule is CC(C)=CCC/C(C)=C/CCC(=O)CC(O)CCl. The summed E-state index contributed by atoms with van der Waals surface area (Å²) in [6, 6.07) is 0. The summed E-state index contributed by atoms with van der Waals surface area (Å²) in [7, 11) is 0. The Labute approximate surface area is 116 Å². The van der Waals surface area contributed by atoms with Gasteiger partial charge in [-0.05, 0) is 40.0 Å². The summed E-state index contributed by atoms with van der Waals surface area (Å²) in [5.74, 6) is 0.208. The molecule has 0 aliphatic rings. The zero-order valence-electron chi connectivity index (χ0n) is 11.7. The number of aliphatic hydroxyl groups is 1. The molecule has 0 saturated heterocycles. The highest BCUT2D eigenvalue weighted by molar-refractivity contribution is 6.18. The molecule has 104 valence electrons. The van der Waals surface area contributed by atoms with Crippen LogP contribution in [0.3, 0.4) is 0 Å². The van der Waals surface area contributed by atoms with E-state index in [1.807, 2.05) is 0 Å². The molecule has 0 aliphatic heterocycles. The van der Waals surface area contributed by atoms with Gasteiger partial charge < -0.3 is 5.11 Å². The van der Waals surface area contributed by atoms with E-state index in [9.17, 15) is 9.90 Å². The van der Waals surface area contributed by atoms with Crippen LogP contribution in [-0.2, 0) is 4.79 Å². The number of ketones is 1. The van der Waals surface area contributed by atoms with E-state index < -0.39 is 6.10 Å². The molecule has 1 N–H and O–H groups in total. The first kappa shape index (κ1) is 17.4. The van der Waals surface area contributed by atoms with Crippen LogP contribution < -0.4 is 0 Å². The van der Waals surface area contributed by atoms with Crippen molar-refractivity contribution < 1.29 is 9.90 Å². The first-order valence-electron chi connectivity index (χ1n) is 6.50. The Hall–Kier alpha value is -0.600. The van der Waals surface area contributed by atoms with E-state index in [2.05, 4.69) is 32.9 Å². The van der Waals surface area contributed by atoms with Gasteiger partial charge in [0.1, 0.15) is 5.78 Å². The first-order valence-corrected chi connectivity index (χ1v) is 7.04. The molecule has 0 aromatic carbocycles. The van der Waals surface area contributed by atoms with Crippen LogP contribution in [0.5, 0.6) is 0 Å². The van der Waals surface area contributed by atoms with Gasteiger partial charge in [0.2, 0.25) is 0 Å². The molecule has 0 aromatic heterocycles. The van der Waals surface area contributed by atoms with Gasteiger partial charge in [0, 0.05) is 18.7 Å². The average Bonchev–Trinajstić information content (AvgIpc) is 2.28. The number of carbonyl (C=O) groups is 1. The number of allylic oxidation sites excluding steroid dienone is 4. The lowest BCUT2D eigenvalue weighted by Crippen LogP contribution is -2.14. The first-order chi connectivity index (χ1) is 8.45. The van der Waals surface area contributed by atoms with Gasteiger partial charge in [0.15, 0.2) is 0 Å². The van der Waals surface area contributed by atoms with Gasteiger partial charge in [-0.1, -0.05) is 23.3 Å². The Bertz CT molecular complexity index is 302. The van der Waals surface area contributed by atoms with Crippen LogP contribution in [0.25, 0.3) is 0 Å². The van der Waals surface area contributed by atoms with Crippen LogP contribution in [0, 0.1) is 0 Å². The van der Waals surface area contributed by atoms with Crippen molar-refractivity contribution in [3.63, 3.8) is 0 Å². The smallest absolute Gasteiger partial charge is 0.135 e. The van der Waals surface area contributed by atoms with Gasteiger partial charge in [-0.15, -0.1) is 11.6 Å². The lowest BCUT2D eigenvalue weighted by Gasteiger charge is -2.04. The Balaban J connectivity index is 3.80. The monoisotopic (exact) mass is 272 g/mol. The molecule has 3 heteroatoms. The molecule has 0 saturated carbocycles. The summed E-state index contributed by atoms with van der Waals surface area (Å²) in [6.07, 6.45) is 7.18. The highest BCUT2D eigenvalue weighted by Crippen LogP contribution is 2.09. The molecular formula is C15H25ClO2. The molecule has 0 heterocycles. The Kier molecular flexibility index (Phi) is 9.99. The molecule has 0 aliphatic carbocycles. The van der Waals surface area contributed by atoms with Crippen molar-refractivity contribution in [3.05, 3.63) is 23.3 Å². The van der Waals surface area contributed by atoms with Crippen LogP contribution in [0.1, 0.15) is 52.9 Å². The number of hydrogen-bond acceptors (Lipinski definition) is 2. The third-order valence-corrected chi connectivity index (χ3v) is 3.00. The minimum Gasteiger partial charge on any atom is -0.391 e. The number of alkyl halides is 1. The average molecular weight is 273 g/mol. The molecule has 0 fully saturated rings. The highest BCUT2D eigenvalue weighted by Gasteiger charge is 2.08. The number of aliphatic hydroxyl groups excluding tert-OH is 1. The number of carbonyl (C=O) groups excluding carboxylic acids is 1. The number of rotatable bonds is 9. The normalized spacial score (nSPS) is 13.3. The fourth-order valence-corrected chi connectivity index (χ4v) is 1.70. The summed E-state index contributed by atoms with van der Waals surface area (Å²) >= 11 is 5.44. The van der Waals surface area contributed by atoms with Crippen LogP contribution in [-0.4, -0.2) is 22.9 Å².